The van der Waals surface area contributed by atoms with Gasteiger partial charge in [-0.3, -0.25) is 8.97 Å². The maximum atomic E-state index is 6.77. The highest BCUT2D eigenvalue weighted by Gasteiger charge is 2.23. The minimum absolute atomic E-state index is 0.854. The molecule has 0 fully saturated rings. The molecule has 0 spiro atoms. The summed E-state index contributed by atoms with van der Waals surface area (Å²) in [7, 11) is 0. The molecular weight excluding hydrogens is 516 g/mol. The lowest BCUT2D eigenvalue weighted by Gasteiger charge is -2.12. The van der Waals surface area contributed by atoms with Crippen LogP contribution in [0.5, 0.6) is 0 Å². The van der Waals surface area contributed by atoms with Gasteiger partial charge in [0.15, 0.2) is 5.58 Å². The van der Waals surface area contributed by atoms with E-state index in [4.69, 9.17) is 9.40 Å². The second kappa shape index (κ2) is 7.89. The molecule has 196 valence electrons. The van der Waals surface area contributed by atoms with Crippen LogP contribution in [0.1, 0.15) is 0 Å². The Hall–Kier alpha value is -5.81. The fourth-order valence-corrected chi connectivity index (χ4v) is 6.93. The Morgan fingerprint density at radius 3 is 1.79 bits per heavy atom. The van der Waals surface area contributed by atoms with Crippen LogP contribution < -0.4 is 0 Å². The predicted octanol–water partition coefficient (Wildman–Crippen LogP) is 9.43. The lowest BCUT2D eigenvalue weighted by molar-refractivity contribution is 0.666. The van der Waals surface area contributed by atoms with Gasteiger partial charge in [-0.15, -0.1) is 0 Å². The van der Waals surface area contributed by atoms with Gasteiger partial charge in [-0.25, -0.2) is 4.98 Å². The Morgan fingerprint density at radius 1 is 0.452 bits per heavy atom. The zero-order valence-electron chi connectivity index (χ0n) is 22.4. The number of para-hydroxylation sites is 7. The number of hydrogen-bond acceptors (Lipinski definition) is 2. The summed E-state index contributed by atoms with van der Waals surface area (Å²) in [4.78, 5) is 5.14. The zero-order valence-corrected chi connectivity index (χ0v) is 22.4. The van der Waals surface area contributed by atoms with Crippen LogP contribution in [-0.2, 0) is 0 Å². The van der Waals surface area contributed by atoms with Gasteiger partial charge >= 0.3 is 0 Å². The van der Waals surface area contributed by atoms with Crippen molar-refractivity contribution in [3.8, 4) is 11.4 Å². The molecule has 0 unspecified atom stereocenters. The Labute approximate surface area is 239 Å². The molecule has 5 nitrogen and oxygen atoms in total. The van der Waals surface area contributed by atoms with Gasteiger partial charge in [-0.1, -0.05) is 78.9 Å². The highest BCUT2D eigenvalue weighted by molar-refractivity contribution is 6.15. The molecule has 0 N–H and O–H groups in total. The van der Waals surface area contributed by atoms with Crippen molar-refractivity contribution in [3.63, 3.8) is 0 Å². The Kier molecular flexibility index (Phi) is 4.12. The fourth-order valence-electron chi connectivity index (χ4n) is 6.93. The first-order valence-corrected chi connectivity index (χ1v) is 14.2. The van der Waals surface area contributed by atoms with Crippen molar-refractivity contribution in [3.05, 3.63) is 133 Å². The number of benzene rings is 6. The smallest absolute Gasteiger partial charge is 0.220 e. The molecule has 0 amide bonds. The van der Waals surface area contributed by atoms with Crippen LogP contribution in [0.15, 0.2) is 138 Å². The van der Waals surface area contributed by atoms with Crippen LogP contribution in [0.3, 0.4) is 0 Å². The first kappa shape index (κ1) is 21.9. The van der Waals surface area contributed by atoms with E-state index in [0.717, 1.165) is 72.2 Å². The van der Waals surface area contributed by atoms with E-state index in [1.165, 1.54) is 10.8 Å². The quantitative estimate of drug-likeness (QED) is 0.220. The average molecular weight is 539 g/mol. The summed E-state index contributed by atoms with van der Waals surface area (Å²) in [5, 5.41) is 4.60. The van der Waals surface area contributed by atoms with E-state index in [2.05, 4.69) is 135 Å². The lowest BCUT2D eigenvalue weighted by atomic mass is 10.1. The molecule has 6 aromatic carbocycles. The number of fused-ring (bicyclic) bond motifs is 11. The molecule has 0 aliphatic heterocycles. The number of imidazole rings is 2. The number of nitrogens with zero attached hydrogens (tertiary/aromatic N) is 4. The summed E-state index contributed by atoms with van der Waals surface area (Å²) < 4.78 is 13.7. The van der Waals surface area contributed by atoms with E-state index in [1.54, 1.807) is 0 Å². The monoisotopic (exact) mass is 538 g/mol. The molecule has 0 saturated heterocycles. The predicted molar refractivity (Wildman–Crippen MR) is 171 cm³/mol. The molecule has 10 rings (SSSR count). The molecule has 5 heteroatoms. The summed E-state index contributed by atoms with van der Waals surface area (Å²) in [5.74, 6) is 0.883. The second-order valence-corrected chi connectivity index (χ2v) is 10.8. The molecule has 4 aromatic heterocycles. The molecular formula is C37H22N4O. The van der Waals surface area contributed by atoms with E-state index in [9.17, 15) is 0 Å². The van der Waals surface area contributed by atoms with Crippen molar-refractivity contribution < 1.29 is 4.42 Å². The van der Waals surface area contributed by atoms with Crippen LogP contribution in [0.4, 0.5) is 0 Å². The van der Waals surface area contributed by atoms with E-state index >= 15 is 0 Å². The topological polar surface area (TPSA) is 40.3 Å². The van der Waals surface area contributed by atoms with E-state index in [-0.39, 0.29) is 0 Å². The second-order valence-electron chi connectivity index (χ2n) is 10.8. The van der Waals surface area contributed by atoms with E-state index in [1.807, 2.05) is 12.1 Å². The first-order valence-electron chi connectivity index (χ1n) is 14.2. The SMILES string of the molecule is c1ccc2c(c1)nc1n(-c3ccc(-n4c5ccccc5c5ccccc54)c4oc5ccccc5c34)c3ccccc3n21. The van der Waals surface area contributed by atoms with Gasteiger partial charge in [0.05, 0.1) is 49.9 Å². The minimum Gasteiger partial charge on any atom is -0.454 e. The van der Waals surface area contributed by atoms with Crippen LogP contribution in [0.25, 0.3) is 83.0 Å². The van der Waals surface area contributed by atoms with Crippen molar-refractivity contribution in [2.75, 3.05) is 0 Å². The van der Waals surface area contributed by atoms with E-state index in [0.29, 0.717) is 0 Å². The molecule has 42 heavy (non-hydrogen) atoms. The molecule has 0 aliphatic rings. The third-order valence-corrected chi connectivity index (χ3v) is 8.65. The Morgan fingerprint density at radius 2 is 1.02 bits per heavy atom. The van der Waals surface area contributed by atoms with Gasteiger partial charge < -0.3 is 8.98 Å². The van der Waals surface area contributed by atoms with Crippen LogP contribution >= 0.6 is 0 Å². The number of hydrogen-bond donors (Lipinski definition) is 0. The molecule has 0 radical (unpaired) electrons. The minimum atomic E-state index is 0.854. The summed E-state index contributed by atoms with van der Waals surface area (Å²) in [6, 6.07) is 46.8. The molecule has 0 bridgehead atoms. The highest BCUT2D eigenvalue weighted by Crippen LogP contribution is 2.42. The standard InChI is InChI=1S/C37H22N4O/c1-5-15-27-23(11-1)24-12-2-6-16-28(24)39(27)33-22-21-32(35-25-13-3-10-20-34(25)42-36(33)35)41-31-19-9-8-18-30(31)40-29-17-7-4-14-26(29)38-37(40)41/h1-22H. The zero-order chi connectivity index (χ0) is 27.4. The van der Waals surface area contributed by atoms with Gasteiger partial charge in [0.1, 0.15) is 5.58 Å². The van der Waals surface area contributed by atoms with Gasteiger partial charge in [-0.05, 0) is 54.6 Å². The van der Waals surface area contributed by atoms with Gasteiger partial charge in [0, 0.05) is 16.2 Å². The largest absolute Gasteiger partial charge is 0.454 e. The summed E-state index contributed by atoms with van der Waals surface area (Å²) in [5.41, 5.74) is 10.4. The average Bonchev–Trinajstić information content (AvgIpc) is 3.78. The Bertz CT molecular complexity index is 2650. The van der Waals surface area contributed by atoms with Gasteiger partial charge in [0.2, 0.25) is 5.78 Å². The van der Waals surface area contributed by atoms with Gasteiger partial charge in [0.25, 0.3) is 0 Å². The van der Waals surface area contributed by atoms with Crippen molar-refractivity contribution >= 4 is 71.6 Å². The third-order valence-electron chi connectivity index (χ3n) is 8.65. The Balaban J connectivity index is 1.40. The number of aromatic nitrogens is 4. The summed E-state index contributed by atoms with van der Waals surface area (Å²) >= 11 is 0. The van der Waals surface area contributed by atoms with Crippen LogP contribution in [0.2, 0.25) is 0 Å². The number of furan rings is 1. The fraction of sp³-hybridized carbons (Fsp3) is 0. The maximum Gasteiger partial charge on any atom is 0.220 e. The lowest BCUT2D eigenvalue weighted by Crippen LogP contribution is -1.99. The first-order chi connectivity index (χ1) is 20.9. The number of rotatable bonds is 2. The van der Waals surface area contributed by atoms with Crippen molar-refractivity contribution in [1.82, 2.24) is 18.5 Å². The summed E-state index contributed by atoms with van der Waals surface area (Å²) in [6.45, 7) is 0. The molecule has 0 atom stereocenters. The van der Waals surface area contributed by atoms with Gasteiger partial charge in [-0.2, -0.15) is 0 Å². The normalized spacial score (nSPS) is 12.3. The van der Waals surface area contributed by atoms with Crippen LogP contribution in [0, 0.1) is 0 Å². The maximum absolute atomic E-state index is 6.77. The van der Waals surface area contributed by atoms with Crippen molar-refractivity contribution in [1.29, 1.82) is 0 Å². The molecule has 4 heterocycles. The van der Waals surface area contributed by atoms with E-state index < -0.39 is 0 Å². The highest BCUT2D eigenvalue weighted by atomic mass is 16.3. The molecule has 10 aromatic rings. The molecule has 0 aliphatic carbocycles. The van der Waals surface area contributed by atoms with Crippen molar-refractivity contribution in [2.45, 2.75) is 0 Å². The van der Waals surface area contributed by atoms with Crippen LogP contribution in [-0.4, -0.2) is 18.5 Å². The van der Waals surface area contributed by atoms with Crippen molar-refractivity contribution in [2.24, 2.45) is 0 Å². The third kappa shape index (κ3) is 2.70. The summed E-state index contributed by atoms with van der Waals surface area (Å²) in [6.07, 6.45) is 0. The molecule has 0 saturated carbocycles.